The van der Waals surface area contributed by atoms with Crippen molar-refractivity contribution in [3.63, 3.8) is 0 Å². The number of benzene rings is 1. The molecule has 0 N–H and O–H groups in total. The summed E-state index contributed by atoms with van der Waals surface area (Å²) in [5.74, 6) is -1.42. The largest absolute Gasteiger partial charge is 0.494 e. The Hall–Kier alpha value is -1.63. The smallest absolute Gasteiger partial charge is 0.165 e. The summed E-state index contributed by atoms with van der Waals surface area (Å²) in [7, 11) is 1.29. The molecule has 0 heterocycles. The first-order valence-corrected chi connectivity index (χ1v) is 4.96. The van der Waals surface area contributed by atoms with Crippen LogP contribution in [0.1, 0.15) is 24.8 Å². The Morgan fingerprint density at radius 1 is 1.44 bits per heavy atom. The van der Waals surface area contributed by atoms with Crippen molar-refractivity contribution in [1.29, 1.82) is 5.26 Å². The molecule has 2 atom stereocenters. The molecule has 1 fully saturated rings. The van der Waals surface area contributed by atoms with Crippen LogP contribution >= 0.6 is 0 Å². The monoisotopic (exact) mass is 223 g/mol. The highest BCUT2D eigenvalue weighted by molar-refractivity contribution is 5.39. The van der Waals surface area contributed by atoms with Gasteiger partial charge in [-0.15, -0.1) is 0 Å². The van der Waals surface area contributed by atoms with E-state index in [-0.39, 0.29) is 17.2 Å². The van der Waals surface area contributed by atoms with E-state index >= 15 is 0 Å². The molecule has 0 spiro atoms. The van der Waals surface area contributed by atoms with Gasteiger partial charge in [0, 0.05) is 12.0 Å². The molecule has 0 aliphatic heterocycles. The molecule has 4 heteroatoms. The molecule has 1 aliphatic carbocycles. The summed E-state index contributed by atoms with van der Waals surface area (Å²) in [6.45, 7) is 1.75. The average Bonchev–Trinajstić information content (AvgIpc) is 2.94. The lowest BCUT2D eigenvalue weighted by Crippen LogP contribution is -1.98. The zero-order valence-corrected chi connectivity index (χ0v) is 9.05. The highest BCUT2D eigenvalue weighted by Crippen LogP contribution is 2.59. The van der Waals surface area contributed by atoms with Crippen LogP contribution in [0.15, 0.2) is 12.1 Å². The van der Waals surface area contributed by atoms with Crippen molar-refractivity contribution < 1.29 is 13.5 Å². The summed E-state index contributed by atoms with van der Waals surface area (Å²) in [5.41, 5.74) is -0.288. The number of ether oxygens (including phenoxy) is 1. The minimum atomic E-state index is -0.592. The van der Waals surface area contributed by atoms with Crippen molar-refractivity contribution in [2.75, 3.05) is 7.11 Å². The van der Waals surface area contributed by atoms with Crippen LogP contribution in [-0.2, 0) is 0 Å². The lowest BCUT2D eigenvalue weighted by atomic mass is 10.0. The van der Waals surface area contributed by atoms with E-state index in [0.717, 1.165) is 12.1 Å². The van der Waals surface area contributed by atoms with E-state index in [0.29, 0.717) is 6.42 Å². The van der Waals surface area contributed by atoms with E-state index < -0.39 is 17.0 Å². The Balaban J connectivity index is 2.38. The third kappa shape index (κ3) is 1.53. The van der Waals surface area contributed by atoms with Crippen LogP contribution in [0.3, 0.4) is 0 Å². The second-order valence-electron chi connectivity index (χ2n) is 4.29. The number of nitriles is 1. The SMILES string of the molecule is COc1cc(F)c(C2CC2(C)C#N)cc1F. The third-order valence-electron chi connectivity index (χ3n) is 3.14. The molecule has 1 saturated carbocycles. The molecule has 84 valence electrons. The first-order chi connectivity index (χ1) is 7.51. The van der Waals surface area contributed by atoms with Gasteiger partial charge in [-0.2, -0.15) is 5.26 Å². The third-order valence-corrected chi connectivity index (χ3v) is 3.14. The fourth-order valence-corrected chi connectivity index (χ4v) is 1.91. The lowest BCUT2D eigenvalue weighted by molar-refractivity contribution is 0.381. The predicted molar refractivity (Wildman–Crippen MR) is 54.0 cm³/mol. The van der Waals surface area contributed by atoms with Gasteiger partial charge in [0.05, 0.1) is 18.6 Å². The van der Waals surface area contributed by atoms with Crippen LogP contribution in [-0.4, -0.2) is 7.11 Å². The number of hydrogen-bond donors (Lipinski definition) is 0. The molecule has 1 aliphatic rings. The zero-order chi connectivity index (χ0) is 11.9. The van der Waals surface area contributed by atoms with Crippen LogP contribution in [0.4, 0.5) is 8.78 Å². The number of halogens is 2. The lowest BCUT2D eigenvalue weighted by Gasteiger charge is -2.07. The summed E-state index contributed by atoms with van der Waals surface area (Å²) < 4.78 is 31.7. The normalized spacial score (nSPS) is 27.3. The van der Waals surface area contributed by atoms with Crippen LogP contribution < -0.4 is 4.74 Å². The molecular weight excluding hydrogens is 212 g/mol. The fourth-order valence-electron chi connectivity index (χ4n) is 1.91. The van der Waals surface area contributed by atoms with Gasteiger partial charge in [-0.1, -0.05) is 0 Å². The minimum Gasteiger partial charge on any atom is -0.494 e. The maximum absolute atomic E-state index is 13.6. The molecule has 0 amide bonds. The zero-order valence-electron chi connectivity index (χ0n) is 9.05. The molecule has 0 aromatic heterocycles. The van der Waals surface area contributed by atoms with Gasteiger partial charge in [0.2, 0.25) is 0 Å². The van der Waals surface area contributed by atoms with Crippen molar-refractivity contribution in [3.8, 4) is 11.8 Å². The second kappa shape index (κ2) is 3.44. The second-order valence-corrected chi connectivity index (χ2v) is 4.29. The summed E-state index contributed by atoms with van der Waals surface area (Å²) in [6.07, 6.45) is 0.576. The van der Waals surface area contributed by atoms with Gasteiger partial charge in [-0.3, -0.25) is 0 Å². The fraction of sp³-hybridized carbons (Fsp3) is 0.417. The van der Waals surface area contributed by atoms with E-state index in [9.17, 15) is 8.78 Å². The van der Waals surface area contributed by atoms with Crippen LogP contribution in [0.25, 0.3) is 0 Å². The summed E-state index contributed by atoms with van der Waals surface area (Å²) in [5, 5.41) is 8.87. The molecule has 16 heavy (non-hydrogen) atoms. The number of rotatable bonds is 2. The number of methoxy groups -OCH3 is 1. The van der Waals surface area contributed by atoms with Crippen LogP contribution in [0.2, 0.25) is 0 Å². The summed E-state index contributed by atoms with van der Waals surface area (Å²) >= 11 is 0. The highest BCUT2D eigenvalue weighted by Gasteiger charge is 2.52. The Kier molecular flexibility index (Phi) is 2.34. The van der Waals surface area contributed by atoms with Gasteiger partial charge < -0.3 is 4.74 Å². The summed E-state index contributed by atoms with van der Waals surface area (Å²) in [6, 6.07) is 4.27. The van der Waals surface area contributed by atoms with Gasteiger partial charge in [0.15, 0.2) is 11.6 Å². The molecule has 2 nitrogen and oxygen atoms in total. The number of nitrogens with zero attached hydrogens (tertiary/aromatic N) is 1. The molecule has 0 bridgehead atoms. The Bertz CT molecular complexity index is 481. The standard InChI is InChI=1S/C12H11F2NO/c1-12(6-15)5-8(12)7-3-10(14)11(16-2)4-9(7)13/h3-4,8H,5H2,1-2H3. The van der Waals surface area contributed by atoms with Crippen molar-refractivity contribution in [2.24, 2.45) is 5.41 Å². The maximum Gasteiger partial charge on any atom is 0.165 e. The Morgan fingerprint density at radius 3 is 2.62 bits per heavy atom. The topological polar surface area (TPSA) is 33.0 Å². The Morgan fingerprint density at radius 2 is 2.12 bits per heavy atom. The van der Waals surface area contributed by atoms with Crippen molar-refractivity contribution in [1.82, 2.24) is 0 Å². The molecular formula is C12H11F2NO. The first kappa shape index (κ1) is 10.9. The van der Waals surface area contributed by atoms with Crippen molar-refractivity contribution in [3.05, 3.63) is 29.3 Å². The minimum absolute atomic E-state index is 0.111. The maximum atomic E-state index is 13.6. The van der Waals surface area contributed by atoms with Gasteiger partial charge in [-0.05, 0) is 25.0 Å². The van der Waals surface area contributed by atoms with Crippen LogP contribution in [0.5, 0.6) is 5.75 Å². The summed E-state index contributed by atoms with van der Waals surface area (Å²) in [4.78, 5) is 0. The first-order valence-electron chi connectivity index (χ1n) is 4.96. The average molecular weight is 223 g/mol. The van der Waals surface area contributed by atoms with Gasteiger partial charge in [0.1, 0.15) is 5.82 Å². The van der Waals surface area contributed by atoms with Gasteiger partial charge in [-0.25, -0.2) is 8.78 Å². The predicted octanol–water partition coefficient (Wildman–Crippen LogP) is 2.99. The molecule has 2 unspecified atom stereocenters. The van der Waals surface area contributed by atoms with E-state index in [1.54, 1.807) is 6.92 Å². The molecule has 2 rings (SSSR count). The van der Waals surface area contributed by atoms with Gasteiger partial charge in [0.25, 0.3) is 0 Å². The van der Waals surface area contributed by atoms with E-state index in [4.69, 9.17) is 5.26 Å². The molecule has 1 aromatic carbocycles. The van der Waals surface area contributed by atoms with E-state index in [1.807, 2.05) is 0 Å². The van der Waals surface area contributed by atoms with E-state index in [2.05, 4.69) is 10.8 Å². The Labute approximate surface area is 92.5 Å². The highest BCUT2D eigenvalue weighted by atomic mass is 19.1. The van der Waals surface area contributed by atoms with Crippen LogP contribution in [0, 0.1) is 28.4 Å². The van der Waals surface area contributed by atoms with Gasteiger partial charge >= 0.3 is 0 Å². The van der Waals surface area contributed by atoms with E-state index in [1.165, 1.54) is 7.11 Å². The van der Waals surface area contributed by atoms with Crippen molar-refractivity contribution >= 4 is 0 Å². The van der Waals surface area contributed by atoms with Crippen molar-refractivity contribution in [2.45, 2.75) is 19.3 Å². The molecule has 0 saturated heterocycles. The quantitative estimate of drug-likeness (QED) is 0.772. The number of hydrogen-bond acceptors (Lipinski definition) is 2. The molecule has 1 aromatic rings. The molecule has 0 radical (unpaired) electrons.